The summed E-state index contributed by atoms with van der Waals surface area (Å²) in [6.07, 6.45) is 1.66. The van der Waals surface area contributed by atoms with Crippen molar-refractivity contribution in [1.29, 1.82) is 0 Å². The highest BCUT2D eigenvalue weighted by Gasteiger charge is 2.38. The molecular weight excluding hydrogens is 344 g/mol. The van der Waals surface area contributed by atoms with Crippen molar-refractivity contribution >= 4 is 17.0 Å². The van der Waals surface area contributed by atoms with E-state index in [1.165, 1.54) is 17.0 Å². The molecule has 0 radical (unpaired) electrons. The number of carbonyl (C=O) groups excluding carboxylic acids is 1. The van der Waals surface area contributed by atoms with Crippen LogP contribution in [0.25, 0.3) is 11.0 Å². The first-order chi connectivity index (χ1) is 12.5. The summed E-state index contributed by atoms with van der Waals surface area (Å²) in [5, 5.41) is 0.537. The summed E-state index contributed by atoms with van der Waals surface area (Å²) in [6.45, 7) is 0.772. The number of ether oxygens (including phenoxy) is 2. The van der Waals surface area contributed by atoms with Crippen LogP contribution in [0.4, 0.5) is 8.78 Å². The van der Waals surface area contributed by atoms with Crippen molar-refractivity contribution < 1.29 is 23.0 Å². The van der Waals surface area contributed by atoms with Crippen LogP contribution in [0.15, 0.2) is 24.5 Å². The predicted molar refractivity (Wildman–Crippen MR) is 90.3 cm³/mol. The first kappa shape index (κ1) is 17.4. The average Bonchev–Trinajstić information content (AvgIpc) is 2.94. The van der Waals surface area contributed by atoms with E-state index in [9.17, 15) is 13.6 Å². The number of hydrogen-bond donors (Lipinski definition) is 0. The zero-order valence-corrected chi connectivity index (χ0v) is 14.5. The van der Waals surface area contributed by atoms with Crippen LogP contribution in [0.2, 0.25) is 0 Å². The number of piperidine rings is 1. The summed E-state index contributed by atoms with van der Waals surface area (Å²) in [7, 11) is 2.07. The Hall–Kier alpha value is -2.06. The van der Waals surface area contributed by atoms with Crippen LogP contribution in [0.3, 0.4) is 0 Å². The molecule has 0 aromatic carbocycles. The van der Waals surface area contributed by atoms with E-state index in [2.05, 4.69) is 16.9 Å². The minimum absolute atomic E-state index is 0.192. The van der Waals surface area contributed by atoms with Gasteiger partial charge in [0.1, 0.15) is 11.8 Å². The van der Waals surface area contributed by atoms with E-state index in [1.54, 1.807) is 12.1 Å². The molecule has 3 atom stereocenters. The molecule has 2 aromatic heterocycles. The number of carbonyl (C=O) groups is 1. The highest BCUT2D eigenvalue weighted by atomic mass is 19.3. The van der Waals surface area contributed by atoms with Gasteiger partial charge in [-0.05, 0) is 19.2 Å². The first-order valence-electron chi connectivity index (χ1n) is 8.75. The lowest BCUT2D eigenvalue weighted by Crippen LogP contribution is -2.56. The Morgan fingerprint density at radius 2 is 2.12 bits per heavy atom. The van der Waals surface area contributed by atoms with Crippen LogP contribution >= 0.6 is 0 Å². The molecule has 2 bridgehead atoms. The largest absolute Gasteiger partial charge is 0.459 e. The molecule has 26 heavy (non-hydrogen) atoms. The number of nitrogens with zero attached hydrogens (tertiary/aromatic N) is 3. The molecule has 6 nitrogen and oxygen atoms in total. The third kappa shape index (κ3) is 3.19. The fourth-order valence-electron chi connectivity index (χ4n) is 3.93. The number of hydrogen-bond acceptors (Lipinski definition) is 5. The van der Waals surface area contributed by atoms with Crippen molar-refractivity contribution in [3.05, 3.63) is 30.1 Å². The number of aromatic nitrogens is 2. The number of morpholine rings is 1. The van der Waals surface area contributed by atoms with Gasteiger partial charge in [0, 0.05) is 42.7 Å². The Bertz CT molecular complexity index is 796. The molecule has 0 N–H and O–H groups in total. The number of likely N-dealkylation sites (N-methyl/N-ethyl adjacent to an activating group) is 1. The molecule has 2 aliphatic rings. The van der Waals surface area contributed by atoms with Crippen molar-refractivity contribution in [2.75, 3.05) is 20.3 Å². The van der Waals surface area contributed by atoms with Crippen molar-refractivity contribution in [2.45, 2.75) is 44.0 Å². The van der Waals surface area contributed by atoms with Gasteiger partial charge in [-0.15, -0.1) is 0 Å². The van der Waals surface area contributed by atoms with E-state index in [-0.39, 0.29) is 23.8 Å². The molecule has 2 fully saturated rings. The molecule has 0 aliphatic carbocycles. The van der Waals surface area contributed by atoms with E-state index in [0.29, 0.717) is 37.1 Å². The van der Waals surface area contributed by atoms with Crippen molar-refractivity contribution in [3.63, 3.8) is 0 Å². The van der Waals surface area contributed by atoms with Gasteiger partial charge in [0.2, 0.25) is 0 Å². The summed E-state index contributed by atoms with van der Waals surface area (Å²) < 4.78 is 38.3. The molecule has 2 aromatic rings. The standard InChI is InChI=1S/C18H21F2N3O3/c1-22-11-5-13(6-12(22)10-25-9-11)26-18(24)15-7-23(8-16(19)20)17-14(15)3-2-4-21-17/h2-4,7,11-13,16H,5-6,8-10H2,1H3/t11-,12+,13?. The molecule has 2 aliphatic heterocycles. The molecule has 4 rings (SSSR count). The predicted octanol–water partition coefficient (Wildman–Crippen LogP) is 2.32. The van der Waals surface area contributed by atoms with E-state index in [4.69, 9.17) is 9.47 Å². The minimum Gasteiger partial charge on any atom is -0.459 e. The fourth-order valence-corrected chi connectivity index (χ4v) is 3.93. The Morgan fingerprint density at radius 3 is 2.81 bits per heavy atom. The highest BCUT2D eigenvalue weighted by Crippen LogP contribution is 2.29. The lowest BCUT2D eigenvalue weighted by Gasteiger charge is -2.46. The molecule has 2 saturated heterocycles. The second kappa shape index (κ2) is 6.92. The van der Waals surface area contributed by atoms with Crippen LogP contribution < -0.4 is 0 Å². The summed E-state index contributed by atoms with van der Waals surface area (Å²) in [5.41, 5.74) is 0.655. The van der Waals surface area contributed by atoms with Gasteiger partial charge in [0.25, 0.3) is 6.43 Å². The zero-order chi connectivity index (χ0) is 18.3. The number of pyridine rings is 1. The molecule has 0 amide bonds. The molecular formula is C18H21F2N3O3. The number of fused-ring (bicyclic) bond motifs is 3. The third-order valence-electron chi connectivity index (χ3n) is 5.30. The molecule has 8 heteroatoms. The number of rotatable bonds is 4. The van der Waals surface area contributed by atoms with Crippen molar-refractivity contribution in [3.8, 4) is 0 Å². The van der Waals surface area contributed by atoms with Gasteiger partial charge in [0.05, 0.1) is 25.3 Å². The second-order valence-corrected chi connectivity index (χ2v) is 6.97. The molecule has 0 saturated carbocycles. The first-order valence-corrected chi connectivity index (χ1v) is 8.75. The minimum atomic E-state index is -2.52. The Labute approximate surface area is 149 Å². The van der Waals surface area contributed by atoms with Crippen LogP contribution in [0, 0.1) is 0 Å². The fraction of sp³-hybridized carbons (Fsp3) is 0.556. The number of esters is 1. The maximum Gasteiger partial charge on any atom is 0.340 e. The number of alkyl halides is 2. The lowest BCUT2D eigenvalue weighted by molar-refractivity contribution is -0.0970. The smallest absolute Gasteiger partial charge is 0.340 e. The van der Waals surface area contributed by atoms with Crippen LogP contribution in [-0.2, 0) is 16.0 Å². The zero-order valence-electron chi connectivity index (χ0n) is 14.5. The Balaban J connectivity index is 1.55. The second-order valence-electron chi connectivity index (χ2n) is 6.97. The molecule has 4 heterocycles. The third-order valence-corrected chi connectivity index (χ3v) is 5.30. The maximum absolute atomic E-state index is 12.8. The van der Waals surface area contributed by atoms with Crippen LogP contribution in [0.1, 0.15) is 23.2 Å². The van der Waals surface area contributed by atoms with Gasteiger partial charge in [-0.1, -0.05) is 0 Å². The van der Waals surface area contributed by atoms with E-state index >= 15 is 0 Å². The summed E-state index contributed by atoms with van der Waals surface area (Å²) in [5.74, 6) is -0.482. The van der Waals surface area contributed by atoms with E-state index in [1.807, 2.05) is 0 Å². The lowest BCUT2D eigenvalue weighted by atomic mass is 9.92. The van der Waals surface area contributed by atoms with Gasteiger partial charge < -0.3 is 14.0 Å². The Kier molecular flexibility index (Phi) is 4.62. The van der Waals surface area contributed by atoms with Gasteiger partial charge in [0.15, 0.2) is 0 Å². The Morgan fingerprint density at radius 1 is 1.38 bits per heavy atom. The molecule has 140 valence electrons. The van der Waals surface area contributed by atoms with Crippen molar-refractivity contribution in [2.24, 2.45) is 0 Å². The van der Waals surface area contributed by atoms with Crippen LogP contribution in [-0.4, -0.2) is 65.3 Å². The normalized spacial score (nSPS) is 26.4. The van der Waals surface area contributed by atoms with Crippen molar-refractivity contribution in [1.82, 2.24) is 14.5 Å². The monoisotopic (exact) mass is 365 g/mol. The summed E-state index contributed by atoms with van der Waals surface area (Å²) >= 11 is 0. The summed E-state index contributed by atoms with van der Waals surface area (Å²) in [6, 6.07) is 3.87. The van der Waals surface area contributed by atoms with E-state index < -0.39 is 18.9 Å². The molecule has 1 unspecified atom stereocenters. The molecule has 0 spiro atoms. The SMILES string of the molecule is CN1[C@@H]2COC[C@H]1CC(OC(=O)c1cn(CC(F)F)c3ncccc13)C2. The highest BCUT2D eigenvalue weighted by molar-refractivity contribution is 6.03. The number of halogens is 2. The maximum atomic E-state index is 12.8. The van der Waals surface area contributed by atoms with Crippen LogP contribution in [0.5, 0.6) is 0 Å². The van der Waals surface area contributed by atoms with Gasteiger partial charge in [-0.3, -0.25) is 4.90 Å². The summed E-state index contributed by atoms with van der Waals surface area (Å²) in [4.78, 5) is 19.2. The van der Waals surface area contributed by atoms with Gasteiger partial charge in [-0.25, -0.2) is 18.6 Å². The van der Waals surface area contributed by atoms with Gasteiger partial charge in [-0.2, -0.15) is 0 Å². The topological polar surface area (TPSA) is 56.6 Å². The average molecular weight is 365 g/mol. The van der Waals surface area contributed by atoms with Gasteiger partial charge >= 0.3 is 5.97 Å². The van der Waals surface area contributed by atoms with E-state index in [0.717, 1.165) is 0 Å². The quantitative estimate of drug-likeness (QED) is 0.779.